The summed E-state index contributed by atoms with van der Waals surface area (Å²) in [6.07, 6.45) is 2.19. The zero-order valence-electron chi connectivity index (χ0n) is 10.2. The summed E-state index contributed by atoms with van der Waals surface area (Å²) in [4.78, 5) is 19.1. The van der Waals surface area contributed by atoms with E-state index in [0.29, 0.717) is 17.7 Å². The smallest absolute Gasteiger partial charge is 0.337 e. The van der Waals surface area contributed by atoms with E-state index in [1.807, 2.05) is 18.5 Å². The average Bonchev–Trinajstić information content (AvgIpc) is 2.66. The molecule has 0 aliphatic carbocycles. The van der Waals surface area contributed by atoms with E-state index in [2.05, 4.69) is 9.97 Å². The van der Waals surface area contributed by atoms with Crippen molar-refractivity contribution in [1.29, 1.82) is 0 Å². The Kier molecular flexibility index (Phi) is 3.01. The molecule has 94 valence electrons. The lowest BCUT2D eigenvalue weighted by atomic mass is 10.2. The lowest BCUT2D eigenvalue weighted by Gasteiger charge is -2.06. The molecule has 0 radical (unpaired) electrons. The maximum Gasteiger partial charge on any atom is 0.337 e. The third-order valence-corrected chi connectivity index (χ3v) is 2.86. The Morgan fingerprint density at radius 2 is 2.28 bits per heavy atom. The number of hydrogen-bond acceptors (Lipinski definition) is 4. The summed E-state index contributed by atoms with van der Waals surface area (Å²) in [6.45, 7) is 1.92. The molecular weight excluding hydrogens is 232 g/mol. The summed E-state index contributed by atoms with van der Waals surface area (Å²) in [5, 5.41) is 9.17. The number of rotatable bonds is 3. The minimum Gasteiger partial charge on any atom is -0.478 e. The fraction of sp³-hybridized carbons (Fsp3) is 0.250. The number of aromatic nitrogens is 3. The summed E-state index contributed by atoms with van der Waals surface area (Å²) in [5.74, 6) is -0.764. The van der Waals surface area contributed by atoms with Crippen LogP contribution in [0, 0.1) is 0 Å². The minimum absolute atomic E-state index is 0.170. The van der Waals surface area contributed by atoms with E-state index in [0.717, 1.165) is 11.4 Å². The largest absolute Gasteiger partial charge is 0.478 e. The van der Waals surface area contributed by atoms with Gasteiger partial charge in [0.25, 0.3) is 0 Å². The second-order valence-electron chi connectivity index (χ2n) is 3.91. The third kappa shape index (κ3) is 1.92. The number of carboxylic acids is 1. The van der Waals surface area contributed by atoms with E-state index in [4.69, 9.17) is 10.8 Å². The van der Waals surface area contributed by atoms with Gasteiger partial charge in [-0.25, -0.2) is 14.8 Å². The van der Waals surface area contributed by atoms with Gasteiger partial charge in [0, 0.05) is 18.9 Å². The summed E-state index contributed by atoms with van der Waals surface area (Å²) in [5.41, 5.74) is 7.93. The Balaban J connectivity index is 2.62. The van der Waals surface area contributed by atoms with E-state index in [1.54, 1.807) is 18.3 Å². The average molecular weight is 246 g/mol. The molecule has 0 saturated carbocycles. The van der Waals surface area contributed by atoms with E-state index < -0.39 is 5.97 Å². The number of aromatic carboxylic acids is 1. The molecule has 0 bridgehead atoms. The normalized spacial score (nSPS) is 10.6. The first-order valence-electron chi connectivity index (χ1n) is 5.55. The lowest BCUT2D eigenvalue weighted by molar-refractivity contribution is 0.0695. The molecule has 18 heavy (non-hydrogen) atoms. The second-order valence-corrected chi connectivity index (χ2v) is 3.91. The van der Waals surface area contributed by atoms with Crippen LogP contribution in [0.3, 0.4) is 0 Å². The topological polar surface area (TPSA) is 94.0 Å². The molecule has 0 aliphatic heterocycles. The molecule has 2 aromatic heterocycles. The second kappa shape index (κ2) is 4.48. The molecule has 0 aromatic carbocycles. The molecule has 2 rings (SSSR count). The molecule has 0 aliphatic rings. The van der Waals surface area contributed by atoms with Crippen molar-refractivity contribution in [1.82, 2.24) is 14.5 Å². The van der Waals surface area contributed by atoms with Crippen LogP contribution in [0.15, 0.2) is 18.3 Å². The predicted octanol–water partition coefficient (Wildman–Crippen LogP) is 1.32. The number of nitrogens with two attached hydrogens (primary N) is 1. The highest BCUT2D eigenvalue weighted by atomic mass is 16.4. The molecule has 0 amide bonds. The monoisotopic (exact) mass is 246 g/mol. The Hall–Kier alpha value is -2.37. The molecular formula is C12H14N4O2. The van der Waals surface area contributed by atoms with Crippen molar-refractivity contribution in [2.75, 3.05) is 5.73 Å². The highest BCUT2D eigenvalue weighted by Gasteiger charge is 2.18. The van der Waals surface area contributed by atoms with Gasteiger partial charge >= 0.3 is 5.97 Å². The Labute approximate surface area is 104 Å². The molecule has 0 unspecified atom stereocenters. The molecule has 3 N–H and O–H groups in total. The number of nitrogen functional groups attached to an aromatic ring is 1. The van der Waals surface area contributed by atoms with Crippen LogP contribution in [0.1, 0.15) is 23.0 Å². The standard InChI is InChI=1S/C12H14N4O2/c1-3-9-7(11(17)18)6-10(16(9)2)8-4-5-14-12(13)15-8/h4-6H,3H2,1-2H3,(H,17,18)(H2,13,14,15). The van der Waals surface area contributed by atoms with Crippen molar-refractivity contribution in [2.24, 2.45) is 7.05 Å². The molecule has 0 atom stereocenters. The van der Waals surface area contributed by atoms with Gasteiger partial charge in [0.05, 0.1) is 17.0 Å². The van der Waals surface area contributed by atoms with Crippen molar-refractivity contribution in [3.05, 3.63) is 29.6 Å². The first kappa shape index (κ1) is 12.1. The van der Waals surface area contributed by atoms with Crippen LogP contribution in [0.2, 0.25) is 0 Å². The van der Waals surface area contributed by atoms with Crippen molar-refractivity contribution < 1.29 is 9.90 Å². The molecule has 2 aromatic rings. The van der Waals surface area contributed by atoms with Gasteiger partial charge < -0.3 is 15.4 Å². The van der Waals surface area contributed by atoms with E-state index in [-0.39, 0.29) is 5.95 Å². The molecule has 6 heteroatoms. The van der Waals surface area contributed by atoms with Gasteiger partial charge in [-0.1, -0.05) is 6.92 Å². The van der Waals surface area contributed by atoms with Gasteiger partial charge in [0.15, 0.2) is 0 Å². The summed E-state index contributed by atoms with van der Waals surface area (Å²) in [6, 6.07) is 3.32. The lowest BCUT2D eigenvalue weighted by Crippen LogP contribution is -2.03. The van der Waals surface area contributed by atoms with Crippen LogP contribution in [0.4, 0.5) is 5.95 Å². The molecule has 0 fully saturated rings. The fourth-order valence-electron chi connectivity index (χ4n) is 2.02. The Morgan fingerprint density at radius 1 is 1.56 bits per heavy atom. The zero-order chi connectivity index (χ0) is 13.3. The fourth-order valence-corrected chi connectivity index (χ4v) is 2.02. The highest BCUT2D eigenvalue weighted by Crippen LogP contribution is 2.24. The number of carboxylic acid groups (broad SMARTS) is 1. The maximum absolute atomic E-state index is 11.2. The van der Waals surface area contributed by atoms with Crippen LogP contribution in [0.25, 0.3) is 11.4 Å². The van der Waals surface area contributed by atoms with Crippen LogP contribution >= 0.6 is 0 Å². The van der Waals surface area contributed by atoms with Crippen molar-refractivity contribution in [2.45, 2.75) is 13.3 Å². The quantitative estimate of drug-likeness (QED) is 0.851. The van der Waals surface area contributed by atoms with Gasteiger partial charge in [-0.2, -0.15) is 0 Å². The van der Waals surface area contributed by atoms with Crippen LogP contribution in [-0.2, 0) is 13.5 Å². The molecule has 2 heterocycles. The summed E-state index contributed by atoms with van der Waals surface area (Å²) >= 11 is 0. The van der Waals surface area contributed by atoms with Crippen molar-refractivity contribution in [3.63, 3.8) is 0 Å². The first-order valence-corrected chi connectivity index (χ1v) is 5.55. The van der Waals surface area contributed by atoms with Gasteiger partial charge in [0.2, 0.25) is 5.95 Å². The predicted molar refractivity (Wildman–Crippen MR) is 67.2 cm³/mol. The van der Waals surface area contributed by atoms with E-state index in [9.17, 15) is 4.79 Å². The van der Waals surface area contributed by atoms with Crippen molar-refractivity contribution >= 4 is 11.9 Å². The highest BCUT2D eigenvalue weighted by molar-refractivity contribution is 5.91. The van der Waals surface area contributed by atoms with Gasteiger partial charge in [-0.05, 0) is 18.6 Å². The first-order chi connectivity index (χ1) is 8.54. The van der Waals surface area contributed by atoms with Gasteiger partial charge in [-0.15, -0.1) is 0 Å². The zero-order valence-corrected chi connectivity index (χ0v) is 10.2. The van der Waals surface area contributed by atoms with Gasteiger partial charge in [-0.3, -0.25) is 0 Å². The Bertz CT molecular complexity index is 604. The van der Waals surface area contributed by atoms with Gasteiger partial charge in [0.1, 0.15) is 0 Å². The summed E-state index contributed by atoms with van der Waals surface area (Å²) < 4.78 is 1.82. The van der Waals surface area contributed by atoms with Crippen molar-refractivity contribution in [3.8, 4) is 11.4 Å². The van der Waals surface area contributed by atoms with Crippen LogP contribution < -0.4 is 5.73 Å². The molecule has 0 saturated heterocycles. The number of nitrogens with zero attached hydrogens (tertiary/aromatic N) is 3. The van der Waals surface area contributed by atoms with Crippen LogP contribution in [-0.4, -0.2) is 25.6 Å². The summed E-state index contributed by atoms with van der Waals surface area (Å²) in [7, 11) is 1.82. The number of carbonyl (C=O) groups is 1. The maximum atomic E-state index is 11.2. The molecule has 6 nitrogen and oxygen atoms in total. The Morgan fingerprint density at radius 3 is 2.78 bits per heavy atom. The number of anilines is 1. The van der Waals surface area contributed by atoms with E-state index in [1.165, 1.54) is 0 Å². The van der Waals surface area contributed by atoms with Crippen LogP contribution in [0.5, 0.6) is 0 Å². The third-order valence-electron chi connectivity index (χ3n) is 2.86. The minimum atomic E-state index is -0.935. The van der Waals surface area contributed by atoms with E-state index >= 15 is 0 Å². The number of hydrogen-bond donors (Lipinski definition) is 2. The molecule has 0 spiro atoms. The SMILES string of the molecule is CCc1c(C(=O)O)cc(-c2ccnc(N)n2)n1C.